The first-order valence-corrected chi connectivity index (χ1v) is 8.46. The highest BCUT2D eigenvalue weighted by Gasteiger charge is 2.13. The minimum absolute atomic E-state index is 0.107. The van der Waals surface area contributed by atoms with Crippen molar-refractivity contribution in [3.63, 3.8) is 0 Å². The molecule has 0 bridgehead atoms. The molecule has 4 nitrogen and oxygen atoms in total. The van der Waals surface area contributed by atoms with Gasteiger partial charge in [-0.15, -0.1) is 0 Å². The van der Waals surface area contributed by atoms with Crippen LogP contribution in [0.25, 0.3) is 0 Å². The van der Waals surface area contributed by atoms with E-state index in [0.717, 1.165) is 11.3 Å². The molecule has 0 aliphatic heterocycles. The second-order valence-corrected chi connectivity index (χ2v) is 7.24. The predicted octanol–water partition coefficient (Wildman–Crippen LogP) is 4.56. The van der Waals surface area contributed by atoms with Gasteiger partial charge in [-0.05, 0) is 41.7 Å². The molecule has 1 N–H and O–H groups in total. The molecule has 0 unspecified atom stereocenters. The van der Waals surface area contributed by atoms with Gasteiger partial charge in [0.25, 0.3) is 5.91 Å². The molecule has 2 rings (SSSR count). The molecule has 0 atom stereocenters. The van der Waals surface area contributed by atoms with Crippen molar-refractivity contribution < 1.29 is 9.53 Å². The normalized spacial score (nSPS) is 12.0. The van der Waals surface area contributed by atoms with E-state index in [-0.39, 0.29) is 17.9 Å². The quantitative estimate of drug-likeness (QED) is 0.629. The minimum Gasteiger partial charge on any atom is -0.484 e. The van der Waals surface area contributed by atoms with Crippen LogP contribution in [0.1, 0.15) is 38.8 Å². The van der Waals surface area contributed by atoms with E-state index < -0.39 is 0 Å². The van der Waals surface area contributed by atoms with Crippen molar-refractivity contribution in [2.24, 2.45) is 5.10 Å². The van der Waals surface area contributed by atoms with Crippen LogP contribution < -0.4 is 10.2 Å². The molecule has 0 radical (unpaired) electrons. The van der Waals surface area contributed by atoms with Crippen LogP contribution in [0.5, 0.6) is 5.75 Å². The highest BCUT2D eigenvalue weighted by molar-refractivity contribution is 6.30. The highest BCUT2D eigenvalue weighted by atomic mass is 35.5. The number of amides is 1. The maximum absolute atomic E-state index is 11.8. The van der Waals surface area contributed by atoms with Gasteiger partial charge in [-0.25, -0.2) is 5.43 Å². The number of rotatable bonds is 5. The Hall–Kier alpha value is -2.33. The third kappa shape index (κ3) is 5.91. The zero-order chi connectivity index (χ0) is 18.4. The molecule has 25 heavy (non-hydrogen) atoms. The van der Waals surface area contributed by atoms with Gasteiger partial charge in [0.15, 0.2) is 6.61 Å². The van der Waals surface area contributed by atoms with Gasteiger partial charge in [0.2, 0.25) is 0 Å². The van der Waals surface area contributed by atoms with E-state index >= 15 is 0 Å². The first-order valence-electron chi connectivity index (χ1n) is 8.08. The van der Waals surface area contributed by atoms with E-state index in [9.17, 15) is 4.79 Å². The highest BCUT2D eigenvalue weighted by Crippen LogP contribution is 2.22. The second-order valence-electron chi connectivity index (χ2n) is 6.81. The fourth-order valence-corrected chi connectivity index (χ4v) is 2.34. The van der Waals surface area contributed by atoms with Gasteiger partial charge >= 0.3 is 0 Å². The van der Waals surface area contributed by atoms with Crippen molar-refractivity contribution in [2.75, 3.05) is 6.61 Å². The summed E-state index contributed by atoms with van der Waals surface area (Å²) < 4.78 is 5.37. The van der Waals surface area contributed by atoms with Crippen LogP contribution in [0.3, 0.4) is 0 Å². The van der Waals surface area contributed by atoms with E-state index in [1.165, 1.54) is 5.56 Å². The standard InChI is InChI=1S/C20H23ClN2O2/c1-14(15-8-10-16(11-9-15)20(2,3)4)22-23-19(24)13-25-18-7-5-6-17(21)12-18/h5-12H,13H2,1-4H3,(H,23,24). The topological polar surface area (TPSA) is 50.7 Å². The molecular weight excluding hydrogens is 336 g/mol. The lowest BCUT2D eigenvalue weighted by Crippen LogP contribution is -2.25. The summed E-state index contributed by atoms with van der Waals surface area (Å²) in [6.45, 7) is 8.24. The fourth-order valence-electron chi connectivity index (χ4n) is 2.16. The number of hydrazone groups is 1. The van der Waals surface area contributed by atoms with Gasteiger partial charge < -0.3 is 4.74 Å². The number of nitrogens with one attached hydrogen (secondary N) is 1. The molecule has 0 aliphatic rings. The van der Waals surface area contributed by atoms with Crippen LogP contribution in [0.4, 0.5) is 0 Å². The SMILES string of the molecule is CC(=NNC(=O)COc1cccc(Cl)c1)c1ccc(C(C)(C)C)cc1. The molecule has 2 aromatic carbocycles. The largest absolute Gasteiger partial charge is 0.484 e. The zero-order valence-electron chi connectivity index (χ0n) is 15.0. The molecule has 0 aromatic heterocycles. The van der Waals surface area contributed by atoms with Crippen LogP contribution >= 0.6 is 11.6 Å². The molecule has 0 aliphatic carbocycles. The summed E-state index contributed by atoms with van der Waals surface area (Å²) in [6, 6.07) is 15.1. The average Bonchev–Trinajstić information content (AvgIpc) is 2.57. The molecule has 0 heterocycles. The molecule has 0 spiro atoms. The summed E-state index contributed by atoms with van der Waals surface area (Å²) in [6.07, 6.45) is 0. The van der Waals surface area contributed by atoms with E-state index in [2.05, 4.69) is 43.4 Å². The zero-order valence-corrected chi connectivity index (χ0v) is 15.7. The van der Waals surface area contributed by atoms with Crippen LogP contribution in [0.2, 0.25) is 5.02 Å². The van der Waals surface area contributed by atoms with Crippen molar-refractivity contribution in [2.45, 2.75) is 33.1 Å². The minimum atomic E-state index is -0.328. The van der Waals surface area contributed by atoms with Crippen LogP contribution in [0.15, 0.2) is 53.6 Å². The summed E-state index contributed by atoms with van der Waals surface area (Å²) in [4.78, 5) is 11.8. The Labute approximate surface area is 153 Å². The van der Waals surface area contributed by atoms with Crippen molar-refractivity contribution in [1.29, 1.82) is 0 Å². The van der Waals surface area contributed by atoms with Gasteiger partial charge in [-0.3, -0.25) is 4.79 Å². The lowest BCUT2D eigenvalue weighted by atomic mass is 9.86. The van der Waals surface area contributed by atoms with E-state index in [1.807, 2.05) is 19.1 Å². The summed E-state index contributed by atoms with van der Waals surface area (Å²) >= 11 is 5.87. The first-order chi connectivity index (χ1) is 11.8. The molecule has 5 heteroatoms. The number of ether oxygens (including phenoxy) is 1. The van der Waals surface area contributed by atoms with Crippen molar-refractivity contribution in [3.8, 4) is 5.75 Å². The van der Waals surface area contributed by atoms with E-state index in [0.29, 0.717) is 10.8 Å². The Kier molecular flexibility index (Phi) is 6.21. The fraction of sp³-hybridized carbons (Fsp3) is 0.300. The maximum atomic E-state index is 11.8. The van der Waals surface area contributed by atoms with Crippen LogP contribution in [0, 0.1) is 0 Å². The van der Waals surface area contributed by atoms with E-state index in [4.69, 9.17) is 16.3 Å². The van der Waals surface area contributed by atoms with Crippen molar-refractivity contribution >= 4 is 23.2 Å². The number of carbonyl (C=O) groups excluding carboxylic acids is 1. The lowest BCUT2D eigenvalue weighted by Gasteiger charge is -2.19. The maximum Gasteiger partial charge on any atom is 0.277 e. The van der Waals surface area contributed by atoms with Crippen molar-refractivity contribution in [3.05, 3.63) is 64.7 Å². The van der Waals surface area contributed by atoms with Gasteiger partial charge in [0, 0.05) is 5.02 Å². The van der Waals surface area contributed by atoms with Gasteiger partial charge in [0.1, 0.15) is 5.75 Å². The van der Waals surface area contributed by atoms with Gasteiger partial charge in [0.05, 0.1) is 5.71 Å². The van der Waals surface area contributed by atoms with Gasteiger partial charge in [-0.1, -0.05) is 62.7 Å². The Morgan fingerprint density at radius 3 is 2.44 bits per heavy atom. The number of benzene rings is 2. The third-order valence-electron chi connectivity index (χ3n) is 3.68. The third-order valence-corrected chi connectivity index (χ3v) is 3.92. The molecule has 0 fully saturated rings. The lowest BCUT2D eigenvalue weighted by molar-refractivity contribution is -0.123. The smallest absolute Gasteiger partial charge is 0.277 e. The molecule has 1 amide bonds. The number of halogens is 1. The number of carbonyl (C=O) groups is 1. The summed E-state index contributed by atoms with van der Waals surface area (Å²) in [5.74, 6) is 0.215. The molecular formula is C20H23ClN2O2. The van der Waals surface area contributed by atoms with Gasteiger partial charge in [-0.2, -0.15) is 5.10 Å². The molecule has 132 valence electrons. The second kappa shape index (κ2) is 8.17. The number of hydrogen-bond donors (Lipinski definition) is 1. The monoisotopic (exact) mass is 358 g/mol. The molecule has 0 saturated heterocycles. The van der Waals surface area contributed by atoms with Crippen LogP contribution in [-0.2, 0) is 10.2 Å². The average molecular weight is 359 g/mol. The number of nitrogens with zero attached hydrogens (tertiary/aromatic N) is 1. The Balaban J connectivity index is 1.90. The number of hydrogen-bond acceptors (Lipinski definition) is 3. The molecule has 0 saturated carbocycles. The van der Waals surface area contributed by atoms with Crippen molar-refractivity contribution in [1.82, 2.24) is 5.43 Å². The summed E-state index contributed by atoms with van der Waals surface area (Å²) in [5.41, 5.74) is 5.56. The molecule has 2 aromatic rings. The first kappa shape index (κ1) is 19.0. The summed E-state index contributed by atoms with van der Waals surface area (Å²) in [5, 5.41) is 4.69. The predicted molar refractivity (Wildman–Crippen MR) is 102 cm³/mol. The Morgan fingerprint density at radius 1 is 1.16 bits per heavy atom. The summed E-state index contributed by atoms with van der Waals surface area (Å²) in [7, 11) is 0. The van der Waals surface area contributed by atoms with Crippen LogP contribution in [-0.4, -0.2) is 18.2 Å². The Bertz CT molecular complexity index is 762. The Morgan fingerprint density at radius 2 is 1.84 bits per heavy atom. The van der Waals surface area contributed by atoms with E-state index in [1.54, 1.807) is 24.3 Å².